The van der Waals surface area contributed by atoms with E-state index in [2.05, 4.69) is 38.3 Å². The van der Waals surface area contributed by atoms with Crippen molar-refractivity contribution in [2.45, 2.75) is 83.9 Å². The molecule has 0 aromatic heterocycles. The van der Waals surface area contributed by atoms with E-state index in [1.807, 2.05) is 20.8 Å². The molecule has 0 saturated heterocycles. The molecular weight excluding hydrogens is 330 g/mol. The van der Waals surface area contributed by atoms with Crippen molar-refractivity contribution in [3.8, 4) is 0 Å². The molecule has 0 heterocycles. The zero-order chi connectivity index (χ0) is 18.5. The van der Waals surface area contributed by atoms with E-state index in [0.29, 0.717) is 6.61 Å². The number of carbonyl (C=O) groups excluding carboxylic acids is 1. The van der Waals surface area contributed by atoms with E-state index in [9.17, 15) is 9.35 Å². The molecule has 0 fully saturated rings. The van der Waals surface area contributed by atoms with E-state index in [4.69, 9.17) is 9.16 Å². The van der Waals surface area contributed by atoms with E-state index >= 15 is 0 Å². The molecule has 5 nitrogen and oxygen atoms in total. The van der Waals surface area contributed by atoms with Gasteiger partial charge in [0.25, 0.3) is 0 Å². The first kappa shape index (κ1) is 22.6. The molecule has 7 heteroatoms. The highest BCUT2D eigenvalue weighted by Gasteiger charge is 2.41. The Balaban J connectivity index is 5.05. The highest BCUT2D eigenvalue weighted by molar-refractivity contribution is 7.91. The molecule has 0 rings (SSSR count). The highest BCUT2D eigenvalue weighted by atomic mass is 32.2. The molecule has 0 aromatic rings. The van der Waals surface area contributed by atoms with E-state index in [0.717, 1.165) is 0 Å². The van der Waals surface area contributed by atoms with Crippen LogP contribution in [0.5, 0.6) is 0 Å². The molecule has 23 heavy (non-hydrogen) atoms. The lowest BCUT2D eigenvalue weighted by molar-refractivity contribution is -0.151. The fourth-order valence-corrected chi connectivity index (χ4v) is 3.12. The molecular formula is C16H33NO4SSi. The van der Waals surface area contributed by atoms with Gasteiger partial charge in [0.05, 0.1) is 12.8 Å². The lowest BCUT2D eigenvalue weighted by Crippen LogP contribution is -2.46. The number of nitrogens with zero attached hydrogens (tertiary/aromatic N) is 1. The molecule has 0 spiro atoms. The van der Waals surface area contributed by atoms with Crippen LogP contribution in [0.25, 0.3) is 0 Å². The second-order valence-corrected chi connectivity index (χ2v) is 14.7. The van der Waals surface area contributed by atoms with Crippen LogP contribution >= 0.6 is 0 Å². The monoisotopic (exact) mass is 363 g/mol. The van der Waals surface area contributed by atoms with E-state index in [-0.39, 0.29) is 17.4 Å². The first-order valence-corrected chi connectivity index (χ1v) is 12.0. The SMILES string of the molecule is CCOC(=O)C(C/C=N/[S@+]([O-])C(C)(C)C)O[Si](C)(C)C(C)(C)C. The number of ether oxygens (including phenoxy) is 1. The minimum atomic E-state index is -2.11. The molecule has 136 valence electrons. The van der Waals surface area contributed by atoms with Crippen molar-refractivity contribution in [1.29, 1.82) is 0 Å². The third-order valence-electron chi connectivity index (χ3n) is 3.81. The minimum absolute atomic E-state index is 0.0108. The van der Waals surface area contributed by atoms with E-state index < -0.39 is 30.5 Å². The van der Waals surface area contributed by atoms with Crippen LogP contribution in [0.4, 0.5) is 0 Å². The van der Waals surface area contributed by atoms with Crippen molar-refractivity contribution < 1.29 is 18.5 Å². The Bertz CT molecular complexity index is 413. The van der Waals surface area contributed by atoms with Crippen LogP contribution in [-0.2, 0) is 25.3 Å². The number of hydrogen-bond acceptors (Lipinski definition) is 5. The molecule has 1 unspecified atom stereocenters. The predicted molar refractivity (Wildman–Crippen MR) is 99.7 cm³/mol. The Morgan fingerprint density at radius 3 is 2.17 bits per heavy atom. The average Bonchev–Trinajstić information content (AvgIpc) is 2.34. The number of rotatable bonds is 7. The summed E-state index contributed by atoms with van der Waals surface area (Å²) < 4.78 is 26.8. The Morgan fingerprint density at radius 2 is 1.78 bits per heavy atom. The summed E-state index contributed by atoms with van der Waals surface area (Å²) in [5.41, 5.74) is 0. The van der Waals surface area contributed by atoms with Crippen LogP contribution in [0.15, 0.2) is 4.40 Å². The van der Waals surface area contributed by atoms with Gasteiger partial charge in [0.2, 0.25) is 0 Å². The summed E-state index contributed by atoms with van der Waals surface area (Å²) in [6.07, 6.45) is 1.10. The largest absolute Gasteiger partial charge is 0.591 e. The van der Waals surface area contributed by atoms with Gasteiger partial charge < -0.3 is 13.7 Å². The van der Waals surface area contributed by atoms with Gasteiger partial charge in [0.15, 0.2) is 8.32 Å². The van der Waals surface area contributed by atoms with Crippen LogP contribution in [0, 0.1) is 0 Å². The van der Waals surface area contributed by atoms with Crippen molar-refractivity contribution in [2.75, 3.05) is 6.61 Å². The van der Waals surface area contributed by atoms with E-state index in [1.54, 1.807) is 6.92 Å². The van der Waals surface area contributed by atoms with Crippen molar-refractivity contribution in [3.63, 3.8) is 0 Å². The van der Waals surface area contributed by atoms with Gasteiger partial charge in [-0.05, 0) is 45.8 Å². The zero-order valence-corrected chi connectivity index (χ0v) is 17.9. The number of hydrogen-bond donors (Lipinski definition) is 0. The summed E-state index contributed by atoms with van der Waals surface area (Å²) in [4.78, 5) is 12.2. The van der Waals surface area contributed by atoms with Crippen LogP contribution in [0.2, 0.25) is 18.1 Å². The number of carbonyl (C=O) groups is 1. The topological polar surface area (TPSA) is 71.0 Å². The van der Waals surface area contributed by atoms with Crippen LogP contribution in [-0.4, -0.2) is 42.5 Å². The quantitative estimate of drug-likeness (QED) is 0.298. The van der Waals surface area contributed by atoms with Crippen molar-refractivity contribution in [1.82, 2.24) is 0 Å². The molecule has 0 aliphatic heterocycles. The molecule has 0 radical (unpaired) electrons. The Hall–Kier alpha value is -0.373. The summed E-state index contributed by atoms with van der Waals surface area (Å²) >= 11 is -1.34. The summed E-state index contributed by atoms with van der Waals surface area (Å²) in [7, 11) is -2.11. The maximum Gasteiger partial charge on any atom is 0.334 e. The summed E-state index contributed by atoms with van der Waals surface area (Å²) in [6, 6.07) is 0. The minimum Gasteiger partial charge on any atom is -0.591 e. The van der Waals surface area contributed by atoms with Gasteiger partial charge in [0, 0.05) is 6.42 Å². The normalized spacial score (nSPS) is 16.4. The fourth-order valence-electron chi connectivity index (χ4n) is 1.32. The zero-order valence-electron chi connectivity index (χ0n) is 16.1. The third kappa shape index (κ3) is 7.83. The van der Waals surface area contributed by atoms with Gasteiger partial charge in [-0.1, -0.05) is 25.2 Å². The van der Waals surface area contributed by atoms with Gasteiger partial charge in [-0.15, -0.1) is 0 Å². The van der Waals surface area contributed by atoms with Gasteiger partial charge in [-0.25, -0.2) is 4.79 Å². The summed E-state index contributed by atoms with van der Waals surface area (Å²) in [5.74, 6) is -0.384. The smallest absolute Gasteiger partial charge is 0.334 e. The first-order valence-electron chi connectivity index (χ1n) is 8.01. The standard InChI is InChI=1S/C16H33NO4SSi/c1-10-20-14(18)13(21-23(8,9)16(5,6)7)11-12-17-22(19)15(2,3)4/h12-13H,10-11H2,1-9H3/b17-12+/t13?,22-/m1/s1. The summed E-state index contributed by atoms with van der Waals surface area (Å²) in [5, 5.41) is -0.0108. The van der Waals surface area contributed by atoms with Crippen LogP contribution < -0.4 is 0 Å². The lowest BCUT2D eigenvalue weighted by Gasteiger charge is -2.38. The molecule has 0 saturated carbocycles. The highest BCUT2D eigenvalue weighted by Crippen LogP contribution is 2.37. The first-order chi connectivity index (χ1) is 10.2. The molecule has 2 atom stereocenters. The summed E-state index contributed by atoms with van der Waals surface area (Å²) in [6.45, 7) is 18.2. The molecule has 0 aliphatic rings. The molecule has 0 aromatic carbocycles. The Kier molecular flexibility index (Phi) is 8.50. The van der Waals surface area contributed by atoms with Crippen molar-refractivity contribution in [2.24, 2.45) is 4.40 Å². The van der Waals surface area contributed by atoms with Crippen molar-refractivity contribution in [3.05, 3.63) is 0 Å². The Morgan fingerprint density at radius 1 is 1.26 bits per heavy atom. The number of esters is 1. The fraction of sp³-hybridized carbons (Fsp3) is 0.875. The average molecular weight is 364 g/mol. The maximum absolute atomic E-state index is 12.2. The second-order valence-electron chi connectivity index (χ2n) is 8.00. The molecule has 0 aliphatic carbocycles. The molecule has 0 bridgehead atoms. The predicted octanol–water partition coefficient (Wildman–Crippen LogP) is 3.86. The van der Waals surface area contributed by atoms with Gasteiger partial charge in [0.1, 0.15) is 22.2 Å². The molecule has 0 N–H and O–H groups in total. The molecule has 0 amide bonds. The van der Waals surface area contributed by atoms with Crippen LogP contribution in [0.1, 0.15) is 54.9 Å². The second kappa shape index (κ2) is 8.64. The van der Waals surface area contributed by atoms with Gasteiger partial charge in [-0.2, -0.15) is 0 Å². The Labute approximate surface area is 145 Å². The van der Waals surface area contributed by atoms with Crippen molar-refractivity contribution >= 4 is 31.9 Å². The van der Waals surface area contributed by atoms with E-state index in [1.165, 1.54) is 6.21 Å². The van der Waals surface area contributed by atoms with Crippen LogP contribution in [0.3, 0.4) is 0 Å². The maximum atomic E-state index is 12.2. The van der Waals surface area contributed by atoms with Gasteiger partial charge >= 0.3 is 5.97 Å². The van der Waals surface area contributed by atoms with Gasteiger partial charge in [-0.3, -0.25) is 0 Å². The lowest BCUT2D eigenvalue weighted by atomic mass is 10.2. The third-order valence-corrected chi connectivity index (χ3v) is 9.68.